The highest BCUT2D eigenvalue weighted by atomic mass is 15.2. The molecule has 2 fully saturated rings. The van der Waals surface area contributed by atoms with Gasteiger partial charge in [0.25, 0.3) is 0 Å². The normalized spacial score (nSPS) is 17.6. The van der Waals surface area contributed by atoms with Crippen LogP contribution in [-0.4, -0.2) is 61.2 Å². The van der Waals surface area contributed by atoms with Crippen LogP contribution in [0, 0.1) is 0 Å². The number of aromatic nitrogens is 2. The van der Waals surface area contributed by atoms with E-state index in [-0.39, 0.29) is 0 Å². The average Bonchev–Trinajstić information content (AvgIpc) is 3.55. The van der Waals surface area contributed by atoms with Crippen LogP contribution in [0.25, 0.3) is 0 Å². The van der Waals surface area contributed by atoms with E-state index in [9.17, 15) is 0 Å². The summed E-state index contributed by atoms with van der Waals surface area (Å²) in [6, 6.07) is 8.56. The lowest BCUT2D eigenvalue weighted by molar-refractivity contribution is 0.313. The van der Waals surface area contributed by atoms with Gasteiger partial charge in [-0.05, 0) is 63.0 Å². The first-order chi connectivity index (χ1) is 13.7. The standard InChI is InChI=1S/C21H31N7/c1-27-11-13-28(14-12-27)18-7-5-17(6-8-18)25-21-24-15-19(16-3-4-16)20(26-21)23-10-2-9-22/h5-8,15-16H,2-4,9-14,22H2,1H3,(H2,23,24,25,26). The molecular weight excluding hydrogens is 350 g/mol. The van der Waals surface area contributed by atoms with Gasteiger partial charge >= 0.3 is 0 Å². The zero-order valence-electron chi connectivity index (χ0n) is 16.7. The molecule has 7 heteroatoms. The van der Waals surface area contributed by atoms with Crippen molar-refractivity contribution in [1.82, 2.24) is 14.9 Å². The van der Waals surface area contributed by atoms with Crippen molar-refractivity contribution in [3.05, 3.63) is 36.0 Å². The number of benzene rings is 1. The van der Waals surface area contributed by atoms with Crippen molar-refractivity contribution in [2.75, 3.05) is 61.8 Å². The van der Waals surface area contributed by atoms with Crippen molar-refractivity contribution in [3.8, 4) is 0 Å². The third kappa shape index (κ3) is 4.72. The first-order valence-corrected chi connectivity index (χ1v) is 10.3. The highest BCUT2D eigenvalue weighted by Gasteiger charge is 2.27. The Morgan fingerprint density at radius 2 is 1.86 bits per heavy atom. The molecule has 4 N–H and O–H groups in total. The largest absolute Gasteiger partial charge is 0.370 e. The number of nitrogens with zero attached hydrogens (tertiary/aromatic N) is 4. The average molecular weight is 382 g/mol. The van der Waals surface area contributed by atoms with Gasteiger partial charge in [-0.3, -0.25) is 0 Å². The zero-order chi connectivity index (χ0) is 19.3. The summed E-state index contributed by atoms with van der Waals surface area (Å²) < 4.78 is 0. The van der Waals surface area contributed by atoms with Crippen molar-refractivity contribution in [2.24, 2.45) is 5.73 Å². The molecule has 0 radical (unpaired) electrons. The van der Waals surface area contributed by atoms with E-state index in [1.807, 2.05) is 6.20 Å². The minimum Gasteiger partial charge on any atom is -0.370 e. The monoisotopic (exact) mass is 381 g/mol. The molecule has 1 aromatic heterocycles. The molecule has 4 rings (SSSR count). The second-order valence-electron chi connectivity index (χ2n) is 7.80. The molecule has 1 aromatic carbocycles. The van der Waals surface area contributed by atoms with Crippen molar-refractivity contribution in [1.29, 1.82) is 0 Å². The van der Waals surface area contributed by atoms with Crippen LogP contribution in [0.3, 0.4) is 0 Å². The molecule has 150 valence electrons. The van der Waals surface area contributed by atoms with Crippen LogP contribution < -0.4 is 21.3 Å². The van der Waals surface area contributed by atoms with Gasteiger partial charge < -0.3 is 26.2 Å². The molecular formula is C21H31N7. The van der Waals surface area contributed by atoms with Crippen molar-refractivity contribution in [3.63, 3.8) is 0 Å². The Morgan fingerprint density at radius 3 is 2.54 bits per heavy atom. The van der Waals surface area contributed by atoms with Crippen molar-refractivity contribution in [2.45, 2.75) is 25.2 Å². The topological polar surface area (TPSA) is 82.3 Å². The SMILES string of the molecule is CN1CCN(c2ccc(Nc3ncc(C4CC4)c(NCCCN)n3)cc2)CC1. The molecule has 2 heterocycles. The van der Waals surface area contributed by atoms with E-state index in [1.165, 1.54) is 24.1 Å². The molecule has 0 bridgehead atoms. The van der Waals surface area contributed by atoms with E-state index in [0.29, 0.717) is 18.4 Å². The predicted octanol–water partition coefficient (Wildman–Crippen LogP) is 2.61. The Kier molecular flexibility index (Phi) is 5.92. The fourth-order valence-electron chi connectivity index (χ4n) is 3.54. The fourth-order valence-corrected chi connectivity index (χ4v) is 3.54. The number of nitrogens with two attached hydrogens (primary N) is 1. The Bertz CT molecular complexity index is 765. The van der Waals surface area contributed by atoms with Crippen molar-refractivity contribution < 1.29 is 0 Å². The summed E-state index contributed by atoms with van der Waals surface area (Å²) in [5, 5.41) is 6.78. The van der Waals surface area contributed by atoms with Crippen LogP contribution in [0.15, 0.2) is 30.5 Å². The van der Waals surface area contributed by atoms with E-state index < -0.39 is 0 Å². The molecule has 0 unspecified atom stereocenters. The van der Waals surface area contributed by atoms with Gasteiger partial charge in [0.1, 0.15) is 5.82 Å². The maximum absolute atomic E-state index is 5.62. The summed E-state index contributed by atoms with van der Waals surface area (Å²) in [5.74, 6) is 2.19. The molecule has 28 heavy (non-hydrogen) atoms. The number of hydrogen-bond acceptors (Lipinski definition) is 7. The molecule has 0 amide bonds. The molecule has 2 aliphatic rings. The Morgan fingerprint density at radius 1 is 1.11 bits per heavy atom. The lowest BCUT2D eigenvalue weighted by Crippen LogP contribution is -2.44. The zero-order valence-corrected chi connectivity index (χ0v) is 16.7. The minimum absolute atomic E-state index is 0.609. The minimum atomic E-state index is 0.609. The number of nitrogens with one attached hydrogen (secondary N) is 2. The van der Waals surface area contributed by atoms with E-state index >= 15 is 0 Å². The Balaban J connectivity index is 1.42. The maximum atomic E-state index is 5.62. The summed E-state index contributed by atoms with van der Waals surface area (Å²) in [7, 11) is 2.18. The molecule has 0 spiro atoms. The van der Waals surface area contributed by atoms with Gasteiger partial charge in [0, 0.05) is 55.9 Å². The maximum Gasteiger partial charge on any atom is 0.229 e. The molecule has 1 saturated heterocycles. The second-order valence-corrected chi connectivity index (χ2v) is 7.80. The van der Waals surface area contributed by atoms with Crippen LogP contribution in [0.5, 0.6) is 0 Å². The summed E-state index contributed by atoms with van der Waals surface area (Å²) >= 11 is 0. The molecule has 1 aliphatic carbocycles. The molecule has 7 nitrogen and oxygen atoms in total. The van der Waals surface area contributed by atoms with Crippen LogP contribution in [0.1, 0.15) is 30.7 Å². The summed E-state index contributed by atoms with van der Waals surface area (Å²) in [6.45, 7) is 5.90. The van der Waals surface area contributed by atoms with Crippen LogP contribution in [-0.2, 0) is 0 Å². The fraction of sp³-hybridized carbons (Fsp3) is 0.524. The van der Waals surface area contributed by atoms with Gasteiger partial charge in [-0.1, -0.05) is 0 Å². The molecule has 1 saturated carbocycles. The highest BCUT2D eigenvalue weighted by molar-refractivity contribution is 5.61. The lowest BCUT2D eigenvalue weighted by Gasteiger charge is -2.34. The van der Waals surface area contributed by atoms with Crippen molar-refractivity contribution >= 4 is 23.1 Å². The van der Waals surface area contributed by atoms with Gasteiger partial charge in [0.15, 0.2) is 0 Å². The Hall–Kier alpha value is -2.38. The summed E-state index contributed by atoms with van der Waals surface area (Å²) in [5.41, 5.74) is 9.12. The molecule has 2 aromatic rings. The third-order valence-corrected chi connectivity index (χ3v) is 5.50. The van der Waals surface area contributed by atoms with E-state index in [4.69, 9.17) is 10.7 Å². The summed E-state index contributed by atoms with van der Waals surface area (Å²) in [6.07, 6.45) is 5.37. The first kappa shape index (κ1) is 19.0. The van der Waals surface area contributed by atoms with Crippen LogP contribution in [0.4, 0.5) is 23.1 Å². The van der Waals surface area contributed by atoms with Gasteiger partial charge in [0.2, 0.25) is 5.95 Å². The van der Waals surface area contributed by atoms with Gasteiger partial charge in [-0.25, -0.2) is 4.98 Å². The van der Waals surface area contributed by atoms with Gasteiger partial charge in [-0.2, -0.15) is 4.98 Å². The van der Waals surface area contributed by atoms with E-state index in [1.54, 1.807) is 0 Å². The number of piperazine rings is 1. The molecule has 1 aliphatic heterocycles. The second kappa shape index (κ2) is 8.75. The quantitative estimate of drug-likeness (QED) is 0.606. The smallest absolute Gasteiger partial charge is 0.229 e. The molecule has 0 atom stereocenters. The third-order valence-electron chi connectivity index (χ3n) is 5.50. The van der Waals surface area contributed by atoms with Crippen LogP contribution in [0.2, 0.25) is 0 Å². The Labute approximate surface area is 167 Å². The number of rotatable bonds is 8. The predicted molar refractivity (Wildman–Crippen MR) is 116 cm³/mol. The first-order valence-electron chi connectivity index (χ1n) is 10.3. The summed E-state index contributed by atoms with van der Waals surface area (Å²) in [4.78, 5) is 14.1. The van der Waals surface area contributed by atoms with Crippen LogP contribution >= 0.6 is 0 Å². The van der Waals surface area contributed by atoms with Gasteiger partial charge in [-0.15, -0.1) is 0 Å². The number of likely N-dealkylation sites (N-methyl/N-ethyl adjacent to an activating group) is 1. The number of anilines is 4. The lowest BCUT2D eigenvalue weighted by atomic mass is 10.2. The highest BCUT2D eigenvalue weighted by Crippen LogP contribution is 2.42. The van der Waals surface area contributed by atoms with Gasteiger partial charge in [0.05, 0.1) is 0 Å². The van der Waals surface area contributed by atoms with E-state index in [2.05, 4.69) is 56.7 Å². The van der Waals surface area contributed by atoms with E-state index in [0.717, 1.165) is 50.6 Å². The number of hydrogen-bond donors (Lipinski definition) is 3.